The second kappa shape index (κ2) is 5.85. The van der Waals surface area contributed by atoms with Crippen LogP contribution < -0.4 is 0 Å². The van der Waals surface area contributed by atoms with Gasteiger partial charge in [-0.3, -0.25) is 9.59 Å². The first-order valence-electron chi connectivity index (χ1n) is 3.54. The molecule has 0 unspecified atom stereocenters. The highest BCUT2D eigenvalue weighted by atomic mass is 28.2. The number of hydrogen-bond donors (Lipinski definition) is 0. The summed E-state index contributed by atoms with van der Waals surface area (Å²) in [5.41, 5.74) is 0.434. The summed E-state index contributed by atoms with van der Waals surface area (Å²) in [6, 6.07) is 0.329. The van der Waals surface area contributed by atoms with Gasteiger partial charge in [0.2, 0.25) is 9.76 Å². The van der Waals surface area contributed by atoms with Crippen molar-refractivity contribution in [1.82, 2.24) is 0 Å². The quantitative estimate of drug-likeness (QED) is 0.348. The highest BCUT2D eigenvalue weighted by Crippen LogP contribution is 1.98. The maximum atomic E-state index is 11.0. The van der Waals surface area contributed by atoms with Gasteiger partial charge in [-0.1, -0.05) is 6.58 Å². The highest BCUT2D eigenvalue weighted by Gasteiger charge is 2.09. The zero-order chi connectivity index (χ0) is 9.56. The van der Waals surface area contributed by atoms with Gasteiger partial charge in [-0.2, -0.15) is 0 Å². The lowest BCUT2D eigenvalue weighted by Gasteiger charge is -1.97. The van der Waals surface area contributed by atoms with Crippen LogP contribution in [0, 0.1) is 0 Å². The van der Waals surface area contributed by atoms with Crippen LogP contribution >= 0.6 is 0 Å². The molecule has 0 bridgehead atoms. The van der Waals surface area contributed by atoms with Gasteiger partial charge in [-0.15, -0.1) is 0 Å². The van der Waals surface area contributed by atoms with Crippen LogP contribution in [0.4, 0.5) is 0 Å². The summed E-state index contributed by atoms with van der Waals surface area (Å²) in [6.45, 7) is 5.06. The highest BCUT2D eigenvalue weighted by molar-refractivity contribution is 6.35. The third-order valence-electron chi connectivity index (χ3n) is 1.25. The summed E-state index contributed by atoms with van der Waals surface area (Å²) in [5.74, 6) is -0.260. The van der Waals surface area contributed by atoms with E-state index in [-0.39, 0.29) is 27.8 Å². The Bertz CT molecular complexity index is 198. The molecule has 3 nitrogen and oxygen atoms in total. The Morgan fingerprint density at radius 1 is 1.50 bits per heavy atom. The van der Waals surface area contributed by atoms with Crippen LogP contribution in [0.25, 0.3) is 0 Å². The van der Waals surface area contributed by atoms with Crippen LogP contribution in [0.2, 0.25) is 6.04 Å². The molecule has 0 fully saturated rings. The second-order valence-electron chi connectivity index (χ2n) is 2.44. The van der Waals surface area contributed by atoms with E-state index in [4.69, 9.17) is 4.43 Å². The normalized spacial score (nSPS) is 9.50. The molecule has 0 N–H and O–H groups in total. The minimum absolute atomic E-state index is 0.0360. The van der Waals surface area contributed by atoms with E-state index in [0.29, 0.717) is 11.6 Å². The zero-order valence-electron chi connectivity index (χ0n) is 7.35. The summed E-state index contributed by atoms with van der Waals surface area (Å²) >= 11 is 0. The third-order valence-corrected chi connectivity index (χ3v) is 2.07. The van der Waals surface area contributed by atoms with E-state index in [2.05, 4.69) is 6.58 Å². The standard InChI is InChI=1S/C8H12O3Si/c1-6(2)8(10)4-7(9)5-12-11-3/h1,4-5H2,2-3H3. The van der Waals surface area contributed by atoms with Crippen LogP contribution in [0.3, 0.4) is 0 Å². The molecule has 66 valence electrons. The molecule has 12 heavy (non-hydrogen) atoms. The lowest BCUT2D eigenvalue weighted by Crippen LogP contribution is -2.10. The van der Waals surface area contributed by atoms with Gasteiger partial charge in [0.15, 0.2) is 5.78 Å². The minimum atomic E-state index is -0.180. The molecule has 0 heterocycles. The van der Waals surface area contributed by atoms with Gasteiger partial charge in [0.05, 0.1) is 6.42 Å². The molecule has 0 saturated carbocycles. The first kappa shape index (κ1) is 11.3. The molecule has 0 aromatic carbocycles. The van der Waals surface area contributed by atoms with Crippen LogP contribution in [0.5, 0.6) is 0 Å². The van der Waals surface area contributed by atoms with E-state index in [9.17, 15) is 9.59 Å². The van der Waals surface area contributed by atoms with Gasteiger partial charge in [0.25, 0.3) is 0 Å². The average Bonchev–Trinajstić information content (AvgIpc) is 2.00. The zero-order valence-corrected chi connectivity index (χ0v) is 8.35. The molecule has 2 radical (unpaired) electrons. The SMILES string of the molecule is C=C(C)C(=O)CC(=O)C[Si]OC. The molecule has 0 aliphatic heterocycles. The molecule has 4 heteroatoms. The largest absolute Gasteiger partial charge is 0.420 e. The van der Waals surface area contributed by atoms with Crippen LogP contribution in [0.15, 0.2) is 12.2 Å². The minimum Gasteiger partial charge on any atom is -0.420 e. The van der Waals surface area contributed by atoms with E-state index in [1.54, 1.807) is 6.92 Å². The number of Topliss-reactive ketones (excluding diaryl/α,β-unsaturated/α-hetero) is 2. The Labute approximate surface area is 74.7 Å². The van der Waals surface area contributed by atoms with Crippen LogP contribution in [0.1, 0.15) is 13.3 Å². The van der Waals surface area contributed by atoms with E-state index >= 15 is 0 Å². The smallest absolute Gasteiger partial charge is 0.236 e. The predicted octanol–water partition coefficient (Wildman–Crippen LogP) is 0.775. The first-order valence-corrected chi connectivity index (χ1v) is 4.65. The van der Waals surface area contributed by atoms with Crippen molar-refractivity contribution in [3.63, 3.8) is 0 Å². The van der Waals surface area contributed by atoms with Crippen molar-refractivity contribution in [2.24, 2.45) is 0 Å². The average molecular weight is 184 g/mol. The Kier molecular flexibility index (Phi) is 5.49. The Morgan fingerprint density at radius 3 is 2.50 bits per heavy atom. The van der Waals surface area contributed by atoms with Gasteiger partial charge in [-0.05, 0) is 12.5 Å². The van der Waals surface area contributed by atoms with Crippen molar-refractivity contribution >= 4 is 21.3 Å². The number of hydrogen-bond acceptors (Lipinski definition) is 3. The molecule has 0 atom stereocenters. The lowest BCUT2D eigenvalue weighted by atomic mass is 10.1. The molecule has 0 aromatic heterocycles. The monoisotopic (exact) mass is 184 g/mol. The fourth-order valence-corrected chi connectivity index (χ4v) is 0.975. The molecular formula is C8H12O3Si. The maximum absolute atomic E-state index is 11.0. The molecule has 0 amide bonds. The Hall–Kier alpha value is -0.743. The molecular weight excluding hydrogens is 172 g/mol. The summed E-state index contributed by atoms with van der Waals surface area (Å²) in [4.78, 5) is 21.9. The lowest BCUT2D eigenvalue weighted by molar-refractivity contribution is -0.123. The molecule has 0 spiro atoms. The van der Waals surface area contributed by atoms with Gasteiger partial charge in [0.1, 0.15) is 5.78 Å². The third kappa shape index (κ3) is 4.98. The topological polar surface area (TPSA) is 43.4 Å². The molecule has 0 saturated heterocycles. The van der Waals surface area contributed by atoms with Crippen LogP contribution in [-0.2, 0) is 14.0 Å². The molecule has 0 aliphatic rings. The first-order chi connectivity index (χ1) is 5.57. The van der Waals surface area contributed by atoms with Crippen molar-refractivity contribution in [3.8, 4) is 0 Å². The van der Waals surface area contributed by atoms with Gasteiger partial charge >= 0.3 is 0 Å². The maximum Gasteiger partial charge on any atom is 0.236 e. The summed E-state index contributed by atoms with van der Waals surface area (Å²) < 4.78 is 4.73. The molecule has 0 rings (SSSR count). The Morgan fingerprint density at radius 2 is 2.08 bits per heavy atom. The number of carbonyl (C=O) groups excluding carboxylic acids is 2. The van der Waals surface area contributed by atoms with E-state index < -0.39 is 0 Å². The second-order valence-corrected chi connectivity index (χ2v) is 3.49. The van der Waals surface area contributed by atoms with Crippen molar-refractivity contribution in [2.75, 3.05) is 7.11 Å². The predicted molar refractivity (Wildman–Crippen MR) is 47.0 cm³/mol. The van der Waals surface area contributed by atoms with Crippen molar-refractivity contribution < 1.29 is 14.0 Å². The van der Waals surface area contributed by atoms with Gasteiger partial charge < -0.3 is 4.43 Å². The van der Waals surface area contributed by atoms with E-state index in [0.717, 1.165) is 0 Å². The van der Waals surface area contributed by atoms with Gasteiger partial charge in [0, 0.05) is 13.2 Å². The number of rotatable bonds is 6. The molecule has 0 aliphatic carbocycles. The summed E-state index contributed by atoms with van der Waals surface area (Å²) in [6.07, 6.45) is -0.0360. The van der Waals surface area contributed by atoms with Crippen molar-refractivity contribution in [2.45, 2.75) is 19.4 Å². The summed E-state index contributed by atoms with van der Waals surface area (Å²) in [7, 11) is 1.69. The van der Waals surface area contributed by atoms with E-state index in [1.165, 1.54) is 7.11 Å². The number of allylic oxidation sites excluding steroid dienone is 1. The van der Waals surface area contributed by atoms with E-state index in [1.807, 2.05) is 0 Å². The fourth-order valence-electron chi connectivity index (χ4n) is 0.545. The van der Waals surface area contributed by atoms with Crippen molar-refractivity contribution in [3.05, 3.63) is 12.2 Å². The van der Waals surface area contributed by atoms with Crippen LogP contribution in [-0.4, -0.2) is 28.4 Å². The summed E-state index contributed by atoms with van der Waals surface area (Å²) in [5, 5.41) is 0. The van der Waals surface area contributed by atoms with Crippen molar-refractivity contribution in [1.29, 1.82) is 0 Å². The Balaban J connectivity index is 3.69. The van der Waals surface area contributed by atoms with Gasteiger partial charge in [-0.25, -0.2) is 0 Å². The fraction of sp³-hybridized carbons (Fsp3) is 0.500. The number of ketones is 2. The molecule has 0 aromatic rings. The number of carbonyl (C=O) groups is 2.